The van der Waals surface area contributed by atoms with Crippen LogP contribution in [0.1, 0.15) is 18.2 Å². The average Bonchev–Trinajstić information content (AvgIpc) is 2.45. The van der Waals surface area contributed by atoms with Crippen LogP contribution in [0.25, 0.3) is 0 Å². The van der Waals surface area contributed by atoms with Crippen LogP contribution in [0.5, 0.6) is 0 Å². The van der Waals surface area contributed by atoms with E-state index in [2.05, 4.69) is 27.7 Å². The highest BCUT2D eigenvalue weighted by atomic mass is 127. The van der Waals surface area contributed by atoms with Gasteiger partial charge in [0.25, 0.3) is 5.92 Å². The van der Waals surface area contributed by atoms with Crippen LogP contribution in [0.3, 0.4) is 0 Å². The van der Waals surface area contributed by atoms with E-state index in [0.717, 1.165) is 9.26 Å². The minimum Gasteiger partial charge on any atom is -0.262 e. The Labute approximate surface area is 82.1 Å². The molecule has 0 N–H and O–H groups in total. The molecule has 2 rings (SSSR count). The predicted molar refractivity (Wildman–Crippen MR) is 48.3 cm³/mol. The first-order valence-corrected chi connectivity index (χ1v) is 4.67. The normalized spacial score (nSPS) is 25.8. The molecule has 1 aliphatic rings. The quantitative estimate of drug-likeness (QED) is 0.724. The third kappa shape index (κ3) is 1.23. The summed E-state index contributed by atoms with van der Waals surface area (Å²) in [6.45, 7) is 1.82. The van der Waals surface area contributed by atoms with Gasteiger partial charge in [-0.15, -0.1) is 0 Å². The van der Waals surface area contributed by atoms with Crippen molar-refractivity contribution in [1.29, 1.82) is 0 Å². The van der Waals surface area contributed by atoms with Crippen molar-refractivity contribution in [3.05, 3.63) is 15.5 Å². The van der Waals surface area contributed by atoms with Crippen molar-refractivity contribution >= 4 is 22.6 Å². The van der Waals surface area contributed by atoms with E-state index in [4.69, 9.17) is 0 Å². The van der Waals surface area contributed by atoms with Gasteiger partial charge in [-0.1, -0.05) is 0 Å². The highest BCUT2D eigenvalue weighted by Crippen LogP contribution is 2.52. The Balaban J connectivity index is 2.26. The number of hydrogen-bond acceptors (Lipinski definition) is 1. The van der Waals surface area contributed by atoms with Crippen molar-refractivity contribution in [2.45, 2.75) is 25.3 Å². The summed E-state index contributed by atoms with van der Waals surface area (Å²) in [6, 6.07) is -0.695. The highest BCUT2D eigenvalue weighted by molar-refractivity contribution is 14.1. The van der Waals surface area contributed by atoms with Gasteiger partial charge in [-0.05, 0) is 29.5 Å². The lowest BCUT2D eigenvalue weighted by Crippen LogP contribution is -2.02. The number of aryl methyl sites for hydroxylation is 1. The molecule has 1 aromatic rings. The Hall–Kier alpha value is -0.200. The Morgan fingerprint density at radius 2 is 2.33 bits per heavy atom. The number of alkyl halides is 2. The lowest BCUT2D eigenvalue weighted by molar-refractivity contribution is 0.0983. The summed E-state index contributed by atoms with van der Waals surface area (Å²) >= 11 is 2.09. The Kier molecular flexibility index (Phi) is 1.68. The van der Waals surface area contributed by atoms with Crippen LogP contribution in [0, 0.1) is 10.5 Å². The number of aromatic nitrogens is 2. The van der Waals surface area contributed by atoms with E-state index in [-0.39, 0.29) is 6.42 Å². The van der Waals surface area contributed by atoms with Crippen molar-refractivity contribution in [1.82, 2.24) is 9.78 Å². The second kappa shape index (κ2) is 2.40. The lowest BCUT2D eigenvalue weighted by Gasteiger charge is -1.96. The van der Waals surface area contributed by atoms with Crippen LogP contribution < -0.4 is 0 Å². The van der Waals surface area contributed by atoms with Gasteiger partial charge in [0.1, 0.15) is 6.04 Å². The van der Waals surface area contributed by atoms with E-state index >= 15 is 0 Å². The summed E-state index contributed by atoms with van der Waals surface area (Å²) in [5.74, 6) is -2.53. The monoisotopic (exact) mass is 284 g/mol. The molecule has 1 aromatic heterocycles. The van der Waals surface area contributed by atoms with Gasteiger partial charge in [0.05, 0.1) is 9.26 Å². The lowest BCUT2D eigenvalue weighted by atomic mass is 10.5. The van der Waals surface area contributed by atoms with E-state index < -0.39 is 12.0 Å². The third-order valence-electron chi connectivity index (χ3n) is 1.97. The molecular formula is C7H7F2IN2. The van der Waals surface area contributed by atoms with Gasteiger partial charge in [-0.3, -0.25) is 4.68 Å². The molecule has 1 fully saturated rings. The standard InChI is InChI=1S/C7H7F2IN2/c1-4-5(10)3-12(11-4)6-2-7(6,8)9/h3,6H,2H2,1H3/t6-/m1/s1. The van der Waals surface area contributed by atoms with Gasteiger partial charge in [0.2, 0.25) is 0 Å². The molecule has 12 heavy (non-hydrogen) atoms. The molecule has 1 atom stereocenters. The molecule has 0 unspecified atom stereocenters. The van der Waals surface area contributed by atoms with Crippen molar-refractivity contribution in [3.8, 4) is 0 Å². The van der Waals surface area contributed by atoms with E-state index in [1.807, 2.05) is 6.92 Å². The fourth-order valence-electron chi connectivity index (χ4n) is 1.10. The van der Waals surface area contributed by atoms with Gasteiger partial charge < -0.3 is 0 Å². The number of hydrogen-bond donors (Lipinski definition) is 0. The third-order valence-corrected chi connectivity index (χ3v) is 3.03. The fourth-order valence-corrected chi connectivity index (χ4v) is 1.50. The summed E-state index contributed by atoms with van der Waals surface area (Å²) in [5.41, 5.74) is 0.818. The molecule has 1 aliphatic carbocycles. The second-order valence-electron chi connectivity index (χ2n) is 3.02. The molecule has 0 bridgehead atoms. The van der Waals surface area contributed by atoms with Gasteiger partial charge in [0.15, 0.2) is 0 Å². The molecule has 0 spiro atoms. The van der Waals surface area contributed by atoms with E-state index in [0.29, 0.717) is 0 Å². The zero-order valence-corrected chi connectivity index (χ0v) is 8.55. The van der Waals surface area contributed by atoms with Gasteiger partial charge in [0, 0.05) is 12.6 Å². The number of halogens is 3. The van der Waals surface area contributed by atoms with Crippen LogP contribution in [0.2, 0.25) is 0 Å². The minimum absolute atomic E-state index is 0.0653. The summed E-state index contributed by atoms with van der Waals surface area (Å²) < 4.78 is 27.4. The molecule has 1 heterocycles. The van der Waals surface area contributed by atoms with Crippen LogP contribution in [-0.2, 0) is 0 Å². The molecule has 0 amide bonds. The van der Waals surface area contributed by atoms with Crippen LogP contribution in [0.15, 0.2) is 6.20 Å². The van der Waals surface area contributed by atoms with Gasteiger partial charge >= 0.3 is 0 Å². The maximum atomic E-state index is 12.6. The molecule has 0 aromatic carbocycles. The summed E-state index contributed by atoms with van der Waals surface area (Å²) in [4.78, 5) is 0. The molecule has 2 nitrogen and oxygen atoms in total. The Bertz CT molecular complexity index is 302. The number of rotatable bonds is 1. The first kappa shape index (κ1) is 8.40. The van der Waals surface area contributed by atoms with Gasteiger partial charge in [-0.2, -0.15) is 5.10 Å². The van der Waals surface area contributed by atoms with E-state index in [1.165, 1.54) is 4.68 Å². The van der Waals surface area contributed by atoms with Gasteiger partial charge in [-0.25, -0.2) is 8.78 Å². The maximum Gasteiger partial charge on any atom is 0.272 e. The highest BCUT2D eigenvalue weighted by Gasteiger charge is 2.59. The average molecular weight is 284 g/mol. The first-order valence-electron chi connectivity index (χ1n) is 3.60. The van der Waals surface area contributed by atoms with E-state index in [9.17, 15) is 8.78 Å². The maximum absolute atomic E-state index is 12.6. The summed E-state index contributed by atoms with van der Waals surface area (Å²) in [5, 5.41) is 4.00. The Morgan fingerprint density at radius 3 is 2.67 bits per heavy atom. The van der Waals surface area contributed by atoms with Crippen LogP contribution >= 0.6 is 22.6 Å². The summed E-state index contributed by atoms with van der Waals surface area (Å²) in [6.07, 6.45) is 1.60. The van der Waals surface area contributed by atoms with Crippen molar-refractivity contribution in [2.24, 2.45) is 0 Å². The molecule has 5 heteroatoms. The molecule has 0 saturated heterocycles. The topological polar surface area (TPSA) is 17.8 Å². The van der Waals surface area contributed by atoms with Crippen molar-refractivity contribution in [2.75, 3.05) is 0 Å². The molecule has 0 radical (unpaired) electrons. The van der Waals surface area contributed by atoms with Crippen LogP contribution in [-0.4, -0.2) is 15.7 Å². The number of nitrogens with zero attached hydrogens (tertiary/aromatic N) is 2. The minimum atomic E-state index is -2.53. The van der Waals surface area contributed by atoms with Crippen LogP contribution in [0.4, 0.5) is 8.78 Å². The van der Waals surface area contributed by atoms with Crippen molar-refractivity contribution < 1.29 is 8.78 Å². The molecule has 66 valence electrons. The first-order chi connectivity index (χ1) is 5.50. The summed E-state index contributed by atoms with van der Waals surface area (Å²) in [7, 11) is 0. The Morgan fingerprint density at radius 1 is 1.75 bits per heavy atom. The predicted octanol–water partition coefficient (Wildman–Crippen LogP) is 2.38. The van der Waals surface area contributed by atoms with E-state index in [1.54, 1.807) is 6.20 Å². The van der Waals surface area contributed by atoms with Crippen molar-refractivity contribution in [3.63, 3.8) is 0 Å². The molecular weight excluding hydrogens is 277 g/mol. The molecule has 1 saturated carbocycles. The SMILES string of the molecule is Cc1nn([C@@H]2CC2(F)F)cc1I. The smallest absolute Gasteiger partial charge is 0.262 e. The second-order valence-corrected chi connectivity index (χ2v) is 4.19. The molecule has 0 aliphatic heterocycles. The fraction of sp³-hybridized carbons (Fsp3) is 0.571. The zero-order valence-electron chi connectivity index (χ0n) is 6.39. The largest absolute Gasteiger partial charge is 0.272 e. The zero-order chi connectivity index (χ0) is 8.93.